The lowest BCUT2D eigenvalue weighted by atomic mass is 9.94. The summed E-state index contributed by atoms with van der Waals surface area (Å²) in [5, 5.41) is 15.0. The number of aliphatic imine (C=N–C) groups is 1. The summed E-state index contributed by atoms with van der Waals surface area (Å²) in [4.78, 5) is 4.66. The van der Waals surface area contributed by atoms with Crippen LogP contribution in [0.15, 0.2) is 41.9 Å². The van der Waals surface area contributed by atoms with Crippen LogP contribution in [0.4, 0.5) is 0 Å². The third kappa shape index (κ3) is 3.87. The molecule has 2 atom stereocenters. The second-order valence-electron chi connectivity index (χ2n) is 6.45. The fraction of sp³-hybridized carbons (Fsp3) is 0.421. The topological polar surface area (TPSA) is 76.4 Å². The van der Waals surface area contributed by atoms with E-state index in [2.05, 4.69) is 51.5 Å². The van der Waals surface area contributed by atoms with Crippen molar-refractivity contribution in [3.05, 3.63) is 54.1 Å². The number of benzene rings is 1. The maximum Gasteiger partial charge on any atom is 0.192 e. The molecule has 0 aliphatic carbocycles. The van der Waals surface area contributed by atoms with Gasteiger partial charge in [0.15, 0.2) is 11.8 Å². The molecule has 1 aliphatic heterocycles. The van der Waals surface area contributed by atoms with Crippen molar-refractivity contribution >= 4 is 5.96 Å². The number of aromatic nitrogens is 3. The van der Waals surface area contributed by atoms with E-state index in [-0.39, 0.29) is 12.0 Å². The molecule has 0 saturated carbocycles. The molecule has 0 radical (unpaired) electrons. The van der Waals surface area contributed by atoms with Crippen LogP contribution in [-0.2, 0) is 13.6 Å². The van der Waals surface area contributed by atoms with Crippen LogP contribution < -0.4 is 15.4 Å². The zero-order valence-corrected chi connectivity index (χ0v) is 15.6. The molecule has 2 N–H and O–H groups in total. The molecule has 2 heterocycles. The van der Waals surface area contributed by atoms with E-state index in [1.54, 1.807) is 0 Å². The molecule has 0 fully saturated rings. The van der Waals surface area contributed by atoms with E-state index in [0.29, 0.717) is 19.7 Å². The minimum Gasteiger partial charge on any atom is -0.493 e. The standard InChI is InChI=1S/C19H26N6O/c1-5-10-20-19(21-11-18-24-23-14(3)25(18)4)22-13(2)16-12-26-17-9-7-6-8-15(16)17/h5-9,13,16H,1,10-12H2,2-4H3,(H2,20,21,22). The Kier molecular flexibility index (Phi) is 5.55. The first-order valence-electron chi connectivity index (χ1n) is 8.82. The van der Waals surface area contributed by atoms with Crippen molar-refractivity contribution in [1.82, 2.24) is 25.4 Å². The Balaban J connectivity index is 1.70. The van der Waals surface area contributed by atoms with E-state index >= 15 is 0 Å². The number of hydrogen-bond acceptors (Lipinski definition) is 4. The maximum atomic E-state index is 5.80. The number of rotatable bonds is 6. The van der Waals surface area contributed by atoms with Crippen molar-refractivity contribution in [2.45, 2.75) is 32.4 Å². The third-order valence-electron chi connectivity index (χ3n) is 4.68. The first kappa shape index (κ1) is 18.0. The Morgan fingerprint density at radius 3 is 3.00 bits per heavy atom. The van der Waals surface area contributed by atoms with Gasteiger partial charge in [-0.15, -0.1) is 16.8 Å². The first-order chi connectivity index (χ1) is 12.6. The van der Waals surface area contributed by atoms with Gasteiger partial charge >= 0.3 is 0 Å². The molecule has 1 aromatic heterocycles. The smallest absolute Gasteiger partial charge is 0.192 e. The highest BCUT2D eigenvalue weighted by atomic mass is 16.5. The van der Waals surface area contributed by atoms with E-state index in [0.717, 1.165) is 23.4 Å². The molecule has 26 heavy (non-hydrogen) atoms. The number of aryl methyl sites for hydroxylation is 1. The molecule has 0 bridgehead atoms. The lowest BCUT2D eigenvalue weighted by molar-refractivity contribution is 0.312. The van der Waals surface area contributed by atoms with Crippen LogP contribution in [0.2, 0.25) is 0 Å². The van der Waals surface area contributed by atoms with Crippen LogP contribution in [0, 0.1) is 6.92 Å². The SMILES string of the molecule is C=CCNC(=NCc1nnc(C)n1C)NC(C)C1COc2ccccc21. The van der Waals surface area contributed by atoms with Gasteiger partial charge in [0.1, 0.15) is 18.1 Å². The molecule has 0 spiro atoms. The lowest BCUT2D eigenvalue weighted by Crippen LogP contribution is -2.45. The summed E-state index contributed by atoms with van der Waals surface area (Å²) < 4.78 is 7.75. The second-order valence-corrected chi connectivity index (χ2v) is 6.45. The second kappa shape index (κ2) is 8.03. The van der Waals surface area contributed by atoms with Crippen molar-refractivity contribution in [1.29, 1.82) is 0 Å². The van der Waals surface area contributed by atoms with Crippen LogP contribution in [0.1, 0.15) is 30.1 Å². The van der Waals surface area contributed by atoms with Gasteiger partial charge in [0, 0.05) is 31.1 Å². The number of nitrogens with one attached hydrogen (secondary N) is 2. The molecular formula is C19H26N6O. The monoisotopic (exact) mass is 354 g/mol. The zero-order chi connectivity index (χ0) is 18.5. The van der Waals surface area contributed by atoms with Crippen molar-refractivity contribution in [3.8, 4) is 5.75 Å². The van der Waals surface area contributed by atoms with E-state index in [9.17, 15) is 0 Å². The largest absolute Gasteiger partial charge is 0.493 e. The van der Waals surface area contributed by atoms with Crippen LogP contribution >= 0.6 is 0 Å². The minimum absolute atomic E-state index is 0.163. The number of fused-ring (bicyclic) bond motifs is 1. The molecule has 0 saturated heterocycles. The van der Waals surface area contributed by atoms with Gasteiger partial charge in [0.2, 0.25) is 0 Å². The molecule has 3 rings (SSSR count). The third-order valence-corrected chi connectivity index (χ3v) is 4.68. The van der Waals surface area contributed by atoms with Crippen molar-refractivity contribution in [2.24, 2.45) is 12.0 Å². The van der Waals surface area contributed by atoms with Gasteiger partial charge in [-0.1, -0.05) is 24.3 Å². The van der Waals surface area contributed by atoms with Crippen molar-refractivity contribution in [3.63, 3.8) is 0 Å². The number of para-hydroxylation sites is 1. The Hall–Kier alpha value is -2.83. The predicted octanol–water partition coefficient (Wildman–Crippen LogP) is 1.91. The van der Waals surface area contributed by atoms with Gasteiger partial charge in [-0.05, 0) is 19.9 Å². The summed E-state index contributed by atoms with van der Waals surface area (Å²) in [7, 11) is 1.94. The summed E-state index contributed by atoms with van der Waals surface area (Å²) in [6.45, 7) is 9.59. The van der Waals surface area contributed by atoms with Crippen LogP contribution in [0.5, 0.6) is 5.75 Å². The first-order valence-corrected chi connectivity index (χ1v) is 8.82. The Morgan fingerprint density at radius 2 is 2.27 bits per heavy atom. The highest BCUT2D eigenvalue weighted by Gasteiger charge is 2.29. The number of ether oxygens (including phenoxy) is 1. The van der Waals surface area contributed by atoms with Gasteiger partial charge in [0.25, 0.3) is 0 Å². The molecule has 2 unspecified atom stereocenters. The average Bonchev–Trinajstić information content (AvgIpc) is 3.22. The fourth-order valence-corrected chi connectivity index (χ4v) is 2.98. The molecule has 1 aromatic carbocycles. The molecule has 7 heteroatoms. The number of guanidine groups is 1. The summed E-state index contributed by atoms with van der Waals surface area (Å²) >= 11 is 0. The van der Waals surface area contributed by atoms with Gasteiger partial charge in [0.05, 0.1) is 6.61 Å². The van der Waals surface area contributed by atoms with Crippen molar-refractivity contribution in [2.75, 3.05) is 13.2 Å². The summed E-state index contributed by atoms with van der Waals surface area (Å²) in [5.41, 5.74) is 1.24. The van der Waals surface area contributed by atoms with Gasteiger partial charge in [-0.3, -0.25) is 0 Å². The van der Waals surface area contributed by atoms with Gasteiger partial charge in [-0.25, -0.2) is 4.99 Å². The van der Waals surface area contributed by atoms with E-state index in [1.807, 2.05) is 36.7 Å². The average molecular weight is 354 g/mol. The summed E-state index contributed by atoms with van der Waals surface area (Å²) in [6.07, 6.45) is 1.81. The molecule has 1 aliphatic rings. The molecule has 7 nitrogen and oxygen atoms in total. The highest BCUT2D eigenvalue weighted by Crippen LogP contribution is 2.35. The molecule has 138 valence electrons. The molecule has 0 amide bonds. The number of nitrogens with zero attached hydrogens (tertiary/aromatic N) is 4. The van der Waals surface area contributed by atoms with Gasteiger partial charge in [-0.2, -0.15) is 0 Å². The fourth-order valence-electron chi connectivity index (χ4n) is 2.98. The normalized spacial score (nSPS) is 17.3. The van der Waals surface area contributed by atoms with E-state index in [1.165, 1.54) is 5.56 Å². The number of hydrogen-bond donors (Lipinski definition) is 2. The van der Waals surface area contributed by atoms with Crippen LogP contribution in [-0.4, -0.2) is 39.9 Å². The summed E-state index contributed by atoms with van der Waals surface area (Å²) in [6, 6.07) is 8.36. The maximum absolute atomic E-state index is 5.80. The van der Waals surface area contributed by atoms with Crippen LogP contribution in [0.3, 0.4) is 0 Å². The Morgan fingerprint density at radius 1 is 1.46 bits per heavy atom. The van der Waals surface area contributed by atoms with E-state index in [4.69, 9.17) is 4.74 Å². The lowest BCUT2D eigenvalue weighted by Gasteiger charge is -2.22. The predicted molar refractivity (Wildman–Crippen MR) is 102 cm³/mol. The van der Waals surface area contributed by atoms with Crippen LogP contribution in [0.25, 0.3) is 0 Å². The highest BCUT2D eigenvalue weighted by molar-refractivity contribution is 5.80. The van der Waals surface area contributed by atoms with Crippen molar-refractivity contribution < 1.29 is 4.74 Å². The molecule has 2 aromatic rings. The Labute approximate surface area is 154 Å². The van der Waals surface area contributed by atoms with Gasteiger partial charge < -0.3 is 19.9 Å². The minimum atomic E-state index is 0.163. The zero-order valence-electron chi connectivity index (χ0n) is 15.6. The molecular weight excluding hydrogens is 328 g/mol. The summed E-state index contributed by atoms with van der Waals surface area (Å²) in [5.74, 6) is 3.67. The Bertz CT molecular complexity index is 797. The quantitative estimate of drug-likeness (QED) is 0.471. The van der Waals surface area contributed by atoms with E-state index < -0.39 is 0 Å².